The molecule has 3 aliphatic carbocycles. The number of hydrogen-bond donors (Lipinski definition) is 3. The highest BCUT2D eigenvalue weighted by Crippen LogP contribution is 2.53. The molecule has 1 fully saturated rings. The van der Waals surface area contributed by atoms with E-state index in [1.165, 1.54) is 17.6 Å². The molecule has 0 saturated heterocycles. The molecule has 1 aromatic carbocycles. The van der Waals surface area contributed by atoms with Crippen LogP contribution in [-0.2, 0) is 5.41 Å². The van der Waals surface area contributed by atoms with Gasteiger partial charge in [0.25, 0.3) is 0 Å². The molecule has 3 heteroatoms. The van der Waals surface area contributed by atoms with Gasteiger partial charge in [-0.1, -0.05) is 42.5 Å². The molecule has 3 aliphatic rings. The van der Waals surface area contributed by atoms with Crippen molar-refractivity contribution in [3.63, 3.8) is 0 Å². The molecular formula is C24H27NO2. The van der Waals surface area contributed by atoms with E-state index in [1.54, 1.807) is 12.1 Å². The fraction of sp³-hybridized carbons (Fsp3) is 0.333. The van der Waals surface area contributed by atoms with Crippen molar-refractivity contribution in [2.75, 3.05) is 0 Å². The van der Waals surface area contributed by atoms with Crippen molar-refractivity contribution in [1.29, 1.82) is 0 Å². The molecule has 0 aliphatic heterocycles. The summed E-state index contributed by atoms with van der Waals surface area (Å²) in [7, 11) is 0. The van der Waals surface area contributed by atoms with E-state index in [9.17, 15) is 10.2 Å². The maximum atomic E-state index is 9.83. The normalized spacial score (nSPS) is 23.1. The van der Waals surface area contributed by atoms with Crippen molar-refractivity contribution in [3.05, 3.63) is 83.3 Å². The van der Waals surface area contributed by atoms with Gasteiger partial charge < -0.3 is 15.5 Å². The Balaban J connectivity index is 1.43. The van der Waals surface area contributed by atoms with Gasteiger partial charge in [-0.15, -0.1) is 0 Å². The number of aromatic hydroxyl groups is 2. The van der Waals surface area contributed by atoms with E-state index in [4.69, 9.17) is 0 Å². The van der Waals surface area contributed by atoms with E-state index >= 15 is 0 Å². The zero-order valence-corrected chi connectivity index (χ0v) is 15.8. The quantitative estimate of drug-likeness (QED) is 0.619. The lowest BCUT2D eigenvalue weighted by molar-refractivity contribution is 0.402. The largest absolute Gasteiger partial charge is 0.504 e. The predicted octanol–water partition coefficient (Wildman–Crippen LogP) is 5.36. The Labute approximate surface area is 161 Å². The van der Waals surface area contributed by atoms with Gasteiger partial charge in [0.2, 0.25) is 0 Å². The lowest BCUT2D eigenvalue weighted by Crippen LogP contribution is -2.23. The number of phenolic OH excluding ortho intramolecular Hbond substituents is 2. The van der Waals surface area contributed by atoms with Crippen LogP contribution < -0.4 is 5.32 Å². The molecule has 3 N–H and O–H groups in total. The molecule has 0 aromatic heterocycles. The summed E-state index contributed by atoms with van der Waals surface area (Å²) in [5.74, 6) is 0.302. The van der Waals surface area contributed by atoms with E-state index in [0.29, 0.717) is 5.92 Å². The monoisotopic (exact) mass is 361 g/mol. The van der Waals surface area contributed by atoms with Gasteiger partial charge in [-0.2, -0.15) is 0 Å². The van der Waals surface area contributed by atoms with E-state index in [1.807, 2.05) is 6.07 Å². The molecule has 0 amide bonds. The van der Waals surface area contributed by atoms with Gasteiger partial charge in [0, 0.05) is 22.7 Å². The standard InChI is InChI=1S/C24H27NO2/c1-16-4-3-5-19(14-16)18-6-9-21(10-7-18)25-17(2)24(12-13-24)20-8-11-22(26)23(27)15-20/h5-6,8-11,14-15,18,25-27H,2-4,7,12-13H2,1H3. The second-order valence-corrected chi connectivity index (χ2v) is 7.98. The summed E-state index contributed by atoms with van der Waals surface area (Å²) < 4.78 is 0. The number of phenols is 2. The Morgan fingerprint density at radius 1 is 1.19 bits per heavy atom. The van der Waals surface area contributed by atoms with Crippen LogP contribution in [0.2, 0.25) is 0 Å². The van der Waals surface area contributed by atoms with Crippen molar-refractivity contribution in [1.82, 2.24) is 5.32 Å². The van der Waals surface area contributed by atoms with Crippen molar-refractivity contribution in [3.8, 4) is 11.5 Å². The second-order valence-electron chi connectivity index (χ2n) is 7.98. The van der Waals surface area contributed by atoms with Crippen LogP contribution in [0.1, 0.15) is 44.6 Å². The van der Waals surface area contributed by atoms with E-state index < -0.39 is 0 Å². The van der Waals surface area contributed by atoms with Crippen LogP contribution in [0.4, 0.5) is 0 Å². The Bertz CT molecular complexity index is 897. The molecule has 0 heterocycles. The lowest BCUT2D eigenvalue weighted by Gasteiger charge is -2.25. The average molecular weight is 361 g/mol. The number of rotatable bonds is 5. The lowest BCUT2D eigenvalue weighted by atomic mass is 9.86. The van der Waals surface area contributed by atoms with Gasteiger partial charge in [0.15, 0.2) is 11.5 Å². The molecule has 1 saturated carbocycles. The molecule has 4 rings (SSSR count). The minimum absolute atomic E-state index is 0.0738. The van der Waals surface area contributed by atoms with Crippen molar-refractivity contribution < 1.29 is 10.2 Å². The summed E-state index contributed by atoms with van der Waals surface area (Å²) in [6, 6.07) is 5.08. The molecule has 140 valence electrons. The minimum atomic E-state index is -0.150. The summed E-state index contributed by atoms with van der Waals surface area (Å²) >= 11 is 0. The van der Waals surface area contributed by atoms with Crippen LogP contribution in [0.15, 0.2) is 77.7 Å². The van der Waals surface area contributed by atoms with Crippen LogP contribution in [-0.4, -0.2) is 10.2 Å². The Hall–Kier alpha value is -2.68. The topological polar surface area (TPSA) is 52.5 Å². The molecule has 0 radical (unpaired) electrons. The average Bonchev–Trinajstić information content (AvgIpc) is 3.47. The Morgan fingerprint density at radius 3 is 2.63 bits per heavy atom. The molecule has 27 heavy (non-hydrogen) atoms. The molecule has 3 nitrogen and oxygen atoms in total. The maximum Gasteiger partial charge on any atom is 0.157 e. The zero-order chi connectivity index (χ0) is 19.0. The minimum Gasteiger partial charge on any atom is -0.504 e. The first-order valence-electron chi connectivity index (χ1n) is 9.72. The van der Waals surface area contributed by atoms with Crippen LogP contribution in [0.25, 0.3) is 0 Å². The van der Waals surface area contributed by atoms with Crippen molar-refractivity contribution >= 4 is 0 Å². The molecule has 1 unspecified atom stereocenters. The first-order chi connectivity index (χ1) is 13.0. The summed E-state index contributed by atoms with van der Waals surface area (Å²) in [6.45, 7) is 6.49. The molecular weight excluding hydrogens is 334 g/mol. The highest BCUT2D eigenvalue weighted by atomic mass is 16.3. The van der Waals surface area contributed by atoms with Crippen molar-refractivity contribution in [2.24, 2.45) is 5.92 Å². The second kappa shape index (κ2) is 6.80. The SMILES string of the molecule is C=C(NC1=CCC(C2=CCCC(C)=C2)C=C1)C1(c2ccc(O)c(O)c2)CC1. The fourth-order valence-corrected chi connectivity index (χ4v) is 4.11. The highest BCUT2D eigenvalue weighted by molar-refractivity contribution is 5.50. The maximum absolute atomic E-state index is 9.83. The summed E-state index contributed by atoms with van der Waals surface area (Å²) in [6.07, 6.45) is 16.7. The van der Waals surface area contributed by atoms with Crippen LogP contribution >= 0.6 is 0 Å². The van der Waals surface area contributed by atoms with E-state index in [2.05, 4.69) is 49.2 Å². The molecule has 0 bridgehead atoms. The zero-order valence-electron chi connectivity index (χ0n) is 15.8. The summed E-state index contributed by atoms with van der Waals surface area (Å²) in [4.78, 5) is 0. The van der Waals surface area contributed by atoms with Gasteiger partial charge in [-0.3, -0.25) is 0 Å². The van der Waals surface area contributed by atoms with E-state index in [-0.39, 0.29) is 16.9 Å². The summed E-state index contributed by atoms with van der Waals surface area (Å²) in [5.41, 5.74) is 5.79. The first kappa shape index (κ1) is 17.7. The molecule has 0 spiro atoms. The molecule has 1 atom stereocenters. The Kier molecular flexibility index (Phi) is 4.47. The third-order valence-electron chi connectivity index (χ3n) is 6.01. The van der Waals surface area contributed by atoms with Gasteiger partial charge in [-0.25, -0.2) is 0 Å². The van der Waals surface area contributed by atoms with Crippen molar-refractivity contribution in [2.45, 2.75) is 44.4 Å². The van der Waals surface area contributed by atoms with Crippen LogP contribution in [0.3, 0.4) is 0 Å². The smallest absolute Gasteiger partial charge is 0.157 e. The summed E-state index contributed by atoms with van der Waals surface area (Å²) in [5, 5.41) is 22.9. The predicted molar refractivity (Wildman–Crippen MR) is 109 cm³/mol. The Morgan fingerprint density at radius 2 is 2.00 bits per heavy atom. The van der Waals surface area contributed by atoms with E-state index in [0.717, 1.165) is 42.6 Å². The van der Waals surface area contributed by atoms with Gasteiger partial charge in [-0.05, 0) is 68.4 Å². The van der Waals surface area contributed by atoms with Gasteiger partial charge >= 0.3 is 0 Å². The number of allylic oxidation sites excluding steroid dienone is 8. The fourth-order valence-electron chi connectivity index (χ4n) is 4.11. The van der Waals surface area contributed by atoms with Crippen LogP contribution in [0, 0.1) is 5.92 Å². The first-order valence-corrected chi connectivity index (χ1v) is 9.72. The van der Waals surface area contributed by atoms with Gasteiger partial charge in [0.1, 0.15) is 0 Å². The third kappa shape index (κ3) is 3.46. The van der Waals surface area contributed by atoms with Crippen LogP contribution in [0.5, 0.6) is 11.5 Å². The number of hydrogen-bond acceptors (Lipinski definition) is 3. The molecule has 1 aromatic rings. The highest BCUT2D eigenvalue weighted by Gasteiger charge is 2.47. The number of benzene rings is 1. The third-order valence-corrected chi connectivity index (χ3v) is 6.01. The van der Waals surface area contributed by atoms with Gasteiger partial charge in [0.05, 0.1) is 0 Å². The number of nitrogens with one attached hydrogen (secondary N) is 1.